The predicted molar refractivity (Wildman–Crippen MR) is 102 cm³/mol. The van der Waals surface area contributed by atoms with Crippen LogP contribution in [0.15, 0.2) is 45.0 Å². The van der Waals surface area contributed by atoms with Crippen molar-refractivity contribution in [1.29, 1.82) is 5.26 Å². The number of H-pyrrole nitrogens is 3. The second-order valence-corrected chi connectivity index (χ2v) is 6.70. The molecule has 158 valence electrons. The Morgan fingerprint density at radius 3 is 2.74 bits per heavy atom. The van der Waals surface area contributed by atoms with Gasteiger partial charge in [0.25, 0.3) is 11.1 Å². The van der Waals surface area contributed by atoms with Gasteiger partial charge < -0.3 is 14.6 Å². The number of nitrogens with zero attached hydrogens (tertiary/aromatic N) is 4. The first-order valence-corrected chi connectivity index (χ1v) is 8.84. The standard InChI is InChI=1S/C18H13F2N7O4/c19-18(20)8-27(7-13(18)31-14-2-1-9(4-21)5-22-14)12-3-11(25-26-16(12)29)10-6-23-17(30)24-15(10)28/h1-3,5-6,13H,7-8H2,(H,26,29)(H2,23,24,28,30)/t13-/m0/s1. The van der Waals surface area contributed by atoms with Crippen LogP contribution in [0.3, 0.4) is 0 Å². The number of hydrogen-bond donors (Lipinski definition) is 3. The molecule has 0 spiro atoms. The normalized spacial score (nSPS) is 17.3. The van der Waals surface area contributed by atoms with Crippen molar-refractivity contribution in [3.63, 3.8) is 0 Å². The van der Waals surface area contributed by atoms with Crippen molar-refractivity contribution in [1.82, 2.24) is 25.1 Å². The topological polar surface area (TPSA) is 161 Å². The summed E-state index contributed by atoms with van der Waals surface area (Å²) in [6, 6.07) is 5.73. The monoisotopic (exact) mass is 429 g/mol. The van der Waals surface area contributed by atoms with Gasteiger partial charge in [-0.2, -0.15) is 10.4 Å². The summed E-state index contributed by atoms with van der Waals surface area (Å²) in [5.41, 5.74) is -2.19. The minimum Gasteiger partial charge on any atom is -0.466 e. The van der Waals surface area contributed by atoms with Crippen molar-refractivity contribution in [2.75, 3.05) is 18.0 Å². The van der Waals surface area contributed by atoms with Crippen LogP contribution in [0.4, 0.5) is 14.5 Å². The maximum Gasteiger partial charge on any atom is 0.325 e. The van der Waals surface area contributed by atoms with Gasteiger partial charge in [0.15, 0.2) is 6.10 Å². The molecule has 4 rings (SSSR count). The Hall–Kier alpha value is -4.34. The highest BCUT2D eigenvalue weighted by Gasteiger charge is 2.50. The lowest BCUT2D eigenvalue weighted by molar-refractivity contribution is -0.0609. The van der Waals surface area contributed by atoms with Crippen LogP contribution in [0, 0.1) is 11.3 Å². The zero-order chi connectivity index (χ0) is 22.2. The van der Waals surface area contributed by atoms with Gasteiger partial charge in [0.05, 0.1) is 29.9 Å². The van der Waals surface area contributed by atoms with E-state index in [0.717, 1.165) is 11.1 Å². The van der Waals surface area contributed by atoms with E-state index < -0.39 is 35.4 Å². The number of alkyl halides is 2. The van der Waals surface area contributed by atoms with Crippen molar-refractivity contribution >= 4 is 5.69 Å². The highest BCUT2D eigenvalue weighted by Crippen LogP contribution is 2.33. The molecule has 31 heavy (non-hydrogen) atoms. The SMILES string of the molecule is N#Cc1ccc(O[C@H]2CN(c3cc(-c4c[nH]c(=O)[nH]c4=O)n[nH]c3=O)CC2(F)F)nc1. The fourth-order valence-corrected chi connectivity index (χ4v) is 3.09. The number of ether oxygens (including phenoxy) is 1. The number of aromatic nitrogens is 5. The number of pyridine rings is 1. The summed E-state index contributed by atoms with van der Waals surface area (Å²) in [5.74, 6) is -3.41. The van der Waals surface area contributed by atoms with Crippen LogP contribution in [-0.4, -0.2) is 50.3 Å². The Bertz CT molecular complexity index is 1340. The zero-order valence-corrected chi connectivity index (χ0v) is 15.6. The molecule has 1 aliphatic heterocycles. The summed E-state index contributed by atoms with van der Waals surface area (Å²) in [7, 11) is 0. The van der Waals surface area contributed by atoms with Gasteiger partial charge in [-0.05, 0) is 12.1 Å². The molecule has 0 bridgehead atoms. The number of hydrogen-bond acceptors (Lipinski definition) is 8. The van der Waals surface area contributed by atoms with E-state index in [1.54, 1.807) is 0 Å². The molecule has 0 aliphatic carbocycles. The largest absolute Gasteiger partial charge is 0.466 e. The minimum atomic E-state index is -3.32. The molecule has 3 N–H and O–H groups in total. The molecule has 0 unspecified atom stereocenters. The van der Waals surface area contributed by atoms with Crippen molar-refractivity contribution in [2.45, 2.75) is 12.0 Å². The molecule has 0 amide bonds. The average molecular weight is 429 g/mol. The second kappa shape index (κ2) is 7.48. The molecule has 0 aromatic carbocycles. The Kier molecular flexibility index (Phi) is 4.82. The molecule has 3 aromatic rings. The predicted octanol–water partition coefficient (Wildman–Crippen LogP) is -0.0169. The van der Waals surface area contributed by atoms with Crippen molar-refractivity contribution in [2.24, 2.45) is 0 Å². The second-order valence-electron chi connectivity index (χ2n) is 6.70. The van der Waals surface area contributed by atoms with E-state index in [4.69, 9.17) is 10.00 Å². The van der Waals surface area contributed by atoms with Crippen LogP contribution in [0.5, 0.6) is 5.88 Å². The number of aromatic amines is 3. The lowest BCUT2D eigenvalue weighted by Gasteiger charge is -2.18. The van der Waals surface area contributed by atoms with Gasteiger partial charge >= 0.3 is 11.6 Å². The first kappa shape index (κ1) is 20.0. The summed E-state index contributed by atoms with van der Waals surface area (Å²) in [6.45, 7) is -1.16. The first-order valence-electron chi connectivity index (χ1n) is 8.84. The molecule has 1 fully saturated rings. The molecule has 1 aliphatic rings. The van der Waals surface area contributed by atoms with E-state index in [0.29, 0.717) is 0 Å². The van der Waals surface area contributed by atoms with Gasteiger partial charge in [0.1, 0.15) is 11.8 Å². The van der Waals surface area contributed by atoms with Gasteiger partial charge in [-0.3, -0.25) is 14.6 Å². The van der Waals surface area contributed by atoms with E-state index >= 15 is 0 Å². The fraction of sp³-hybridized carbons (Fsp3) is 0.222. The molecule has 11 nitrogen and oxygen atoms in total. The van der Waals surface area contributed by atoms with Crippen molar-refractivity contribution in [3.8, 4) is 23.2 Å². The zero-order valence-electron chi connectivity index (χ0n) is 15.6. The van der Waals surface area contributed by atoms with E-state index in [1.165, 1.54) is 24.4 Å². The Labute approximate surface area is 171 Å². The highest BCUT2D eigenvalue weighted by molar-refractivity contribution is 5.62. The van der Waals surface area contributed by atoms with Gasteiger partial charge in [-0.15, -0.1) is 0 Å². The van der Waals surface area contributed by atoms with Gasteiger partial charge in [0.2, 0.25) is 5.88 Å². The molecule has 0 radical (unpaired) electrons. The Morgan fingerprint density at radius 1 is 1.26 bits per heavy atom. The van der Waals surface area contributed by atoms with Crippen molar-refractivity contribution in [3.05, 3.63) is 67.3 Å². The van der Waals surface area contributed by atoms with Crippen LogP contribution in [0.2, 0.25) is 0 Å². The van der Waals surface area contributed by atoms with Crippen LogP contribution < -0.4 is 26.4 Å². The summed E-state index contributed by atoms with van der Waals surface area (Å²) in [4.78, 5) is 44.6. The summed E-state index contributed by atoms with van der Waals surface area (Å²) in [6.07, 6.45) is 0.689. The fourth-order valence-electron chi connectivity index (χ4n) is 3.09. The van der Waals surface area contributed by atoms with E-state index in [1.807, 2.05) is 11.1 Å². The number of anilines is 1. The molecule has 0 saturated carbocycles. The highest BCUT2D eigenvalue weighted by atomic mass is 19.3. The third-order valence-corrected chi connectivity index (χ3v) is 4.61. The summed E-state index contributed by atoms with van der Waals surface area (Å²) >= 11 is 0. The van der Waals surface area contributed by atoms with Crippen LogP contribution in [-0.2, 0) is 0 Å². The molecular weight excluding hydrogens is 416 g/mol. The van der Waals surface area contributed by atoms with Crippen LogP contribution in [0.1, 0.15) is 5.56 Å². The summed E-state index contributed by atoms with van der Waals surface area (Å²) < 4.78 is 34.4. The quantitative estimate of drug-likeness (QED) is 0.522. The maximum absolute atomic E-state index is 14.6. The van der Waals surface area contributed by atoms with E-state index in [-0.39, 0.29) is 34.9 Å². The van der Waals surface area contributed by atoms with Crippen LogP contribution in [0.25, 0.3) is 11.3 Å². The minimum absolute atomic E-state index is 0.0199. The number of halogens is 2. The van der Waals surface area contributed by atoms with E-state index in [9.17, 15) is 23.2 Å². The maximum atomic E-state index is 14.6. The smallest absolute Gasteiger partial charge is 0.325 e. The molecule has 1 atom stereocenters. The number of nitrogens with one attached hydrogen (secondary N) is 3. The Balaban J connectivity index is 1.62. The average Bonchev–Trinajstić information content (AvgIpc) is 3.03. The first-order chi connectivity index (χ1) is 14.8. The summed E-state index contributed by atoms with van der Waals surface area (Å²) in [5, 5.41) is 14.7. The molecule has 1 saturated heterocycles. The van der Waals surface area contributed by atoms with Crippen molar-refractivity contribution < 1.29 is 13.5 Å². The van der Waals surface area contributed by atoms with Gasteiger partial charge in [-0.1, -0.05) is 0 Å². The van der Waals surface area contributed by atoms with Crippen LogP contribution >= 0.6 is 0 Å². The van der Waals surface area contributed by atoms with Gasteiger partial charge in [0, 0.05) is 18.5 Å². The molecule has 4 heterocycles. The lowest BCUT2D eigenvalue weighted by Crippen LogP contribution is -2.36. The third kappa shape index (κ3) is 3.90. The molecule has 3 aromatic heterocycles. The lowest BCUT2D eigenvalue weighted by atomic mass is 10.2. The van der Waals surface area contributed by atoms with E-state index in [2.05, 4.69) is 20.2 Å². The molecular formula is C18H13F2N7O4. The van der Waals surface area contributed by atoms with Gasteiger partial charge in [-0.25, -0.2) is 23.7 Å². The Morgan fingerprint density at radius 2 is 2.06 bits per heavy atom. The number of rotatable bonds is 4. The number of nitriles is 1. The molecule has 13 heteroatoms. The third-order valence-electron chi connectivity index (χ3n) is 4.61.